The van der Waals surface area contributed by atoms with Gasteiger partial charge in [-0.05, 0) is 49.6 Å². The molecule has 0 fully saturated rings. The van der Waals surface area contributed by atoms with E-state index in [0.29, 0.717) is 16.7 Å². The molecule has 0 unspecified atom stereocenters. The SMILES string of the molecule is Cc1cc(C)c(S(=O)(=O)N(CC(=O)Nc2ccccc2C(F)(F)F)Cc2ccccc2)c(C)c1. The summed E-state index contributed by atoms with van der Waals surface area (Å²) in [5.74, 6) is -0.876. The number of hydrogen-bond acceptors (Lipinski definition) is 3. The van der Waals surface area contributed by atoms with E-state index in [2.05, 4.69) is 5.32 Å². The molecule has 3 aromatic rings. The quantitative estimate of drug-likeness (QED) is 0.478. The van der Waals surface area contributed by atoms with Crippen LogP contribution in [0, 0.1) is 20.8 Å². The number of halogens is 3. The minimum atomic E-state index is -4.67. The number of anilines is 1. The highest BCUT2D eigenvalue weighted by molar-refractivity contribution is 7.89. The van der Waals surface area contributed by atoms with Gasteiger partial charge in [0.15, 0.2) is 0 Å². The molecular weight excluding hydrogens is 465 g/mol. The maximum atomic E-state index is 13.7. The van der Waals surface area contributed by atoms with E-state index in [9.17, 15) is 26.4 Å². The van der Waals surface area contributed by atoms with Gasteiger partial charge in [0, 0.05) is 6.54 Å². The van der Waals surface area contributed by atoms with Gasteiger partial charge in [0.25, 0.3) is 0 Å². The zero-order valence-electron chi connectivity index (χ0n) is 19.0. The highest BCUT2D eigenvalue weighted by Crippen LogP contribution is 2.34. The molecule has 180 valence electrons. The number of para-hydroxylation sites is 1. The molecule has 5 nitrogen and oxygen atoms in total. The third-order valence-electron chi connectivity index (χ3n) is 5.23. The minimum Gasteiger partial charge on any atom is -0.324 e. The summed E-state index contributed by atoms with van der Waals surface area (Å²) < 4.78 is 68.3. The third-order valence-corrected chi connectivity index (χ3v) is 7.33. The third kappa shape index (κ3) is 5.84. The van der Waals surface area contributed by atoms with Crippen molar-refractivity contribution < 1.29 is 26.4 Å². The number of amides is 1. The Bertz CT molecular complexity index is 1270. The number of hydrogen-bond donors (Lipinski definition) is 1. The summed E-state index contributed by atoms with van der Waals surface area (Å²) >= 11 is 0. The second kappa shape index (κ2) is 9.99. The number of carbonyl (C=O) groups is 1. The van der Waals surface area contributed by atoms with Crippen LogP contribution in [0.2, 0.25) is 0 Å². The van der Waals surface area contributed by atoms with Crippen LogP contribution in [0.5, 0.6) is 0 Å². The fraction of sp³-hybridized carbons (Fsp3) is 0.240. The fourth-order valence-corrected chi connectivity index (χ4v) is 5.70. The first-order chi connectivity index (χ1) is 15.9. The highest BCUT2D eigenvalue weighted by atomic mass is 32.2. The molecule has 0 aromatic heterocycles. The first kappa shape index (κ1) is 25.5. The number of benzene rings is 3. The Morgan fingerprint density at radius 3 is 2.06 bits per heavy atom. The van der Waals surface area contributed by atoms with Crippen LogP contribution in [0.1, 0.15) is 27.8 Å². The van der Waals surface area contributed by atoms with Crippen LogP contribution >= 0.6 is 0 Å². The lowest BCUT2D eigenvalue weighted by atomic mass is 10.1. The molecule has 1 N–H and O–H groups in total. The van der Waals surface area contributed by atoms with Gasteiger partial charge >= 0.3 is 6.18 Å². The number of nitrogens with one attached hydrogen (secondary N) is 1. The molecule has 0 heterocycles. The Balaban J connectivity index is 1.97. The number of nitrogens with zero attached hydrogens (tertiary/aromatic N) is 1. The largest absolute Gasteiger partial charge is 0.418 e. The van der Waals surface area contributed by atoms with E-state index in [1.165, 1.54) is 12.1 Å². The van der Waals surface area contributed by atoms with Crippen molar-refractivity contribution >= 4 is 21.6 Å². The average molecular weight is 491 g/mol. The van der Waals surface area contributed by atoms with Gasteiger partial charge in [0.05, 0.1) is 22.7 Å². The van der Waals surface area contributed by atoms with E-state index in [1.807, 2.05) is 6.92 Å². The molecule has 0 atom stereocenters. The molecular formula is C25H25F3N2O3S. The van der Waals surface area contributed by atoms with Crippen LogP contribution in [0.4, 0.5) is 18.9 Å². The van der Waals surface area contributed by atoms with E-state index in [0.717, 1.165) is 22.0 Å². The lowest BCUT2D eigenvalue weighted by Crippen LogP contribution is -2.38. The number of rotatable bonds is 7. The Morgan fingerprint density at radius 1 is 0.912 bits per heavy atom. The van der Waals surface area contributed by atoms with Crippen molar-refractivity contribution in [3.8, 4) is 0 Å². The molecule has 9 heteroatoms. The Morgan fingerprint density at radius 2 is 1.47 bits per heavy atom. The summed E-state index contributed by atoms with van der Waals surface area (Å²) in [6.07, 6.45) is -4.67. The van der Waals surface area contributed by atoms with E-state index >= 15 is 0 Å². The normalized spacial score (nSPS) is 12.1. The maximum Gasteiger partial charge on any atom is 0.418 e. The predicted molar refractivity (Wildman–Crippen MR) is 125 cm³/mol. The Hall–Kier alpha value is -3.17. The van der Waals surface area contributed by atoms with Crippen molar-refractivity contribution in [3.63, 3.8) is 0 Å². The van der Waals surface area contributed by atoms with Gasteiger partial charge in [-0.2, -0.15) is 17.5 Å². The summed E-state index contributed by atoms with van der Waals surface area (Å²) in [6, 6.07) is 16.7. The first-order valence-corrected chi connectivity index (χ1v) is 11.9. The highest BCUT2D eigenvalue weighted by Gasteiger charge is 2.34. The molecule has 3 aromatic carbocycles. The summed E-state index contributed by atoms with van der Waals surface area (Å²) in [6.45, 7) is 4.42. The van der Waals surface area contributed by atoms with Crippen molar-refractivity contribution in [2.45, 2.75) is 38.4 Å². The number of sulfonamides is 1. The average Bonchev–Trinajstić information content (AvgIpc) is 2.72. The molecule has 0 bridgehead atoms. The monoisotopic (exact) mass is 490 g/mol. The molecule has 0 saturated heterocycles. The zero-order chi connectivity index (χ0) is 25.1. The van der Waals surface area contributed by atoms with Crippen molar-refractivity contribution in [2.75, 3.05) is 11.9 Å². The lowest BCUT2D eigenvalue weighted by molar-refractivity contribution is -0.137. The van der Waals surface area contributed by atoms with Gasteiger partial charge in [-0.1, -0.05) is 60.2 Å². The Labute approximate surface area is 197 Å². The molecule has 0 aliphatic rings. The van der Waals surface area contributed by atoms with Crippen molar-refractivity contribution in [1.82, 2.24) is 4.31 Å². The van der Waals surface area contributed by atoms with E-state index in [-0.39, 0.29) is 11.4 Å². The second-order valence-electron chi connectivity index (χ2n) is 8.08. The van der Waals surface area contributed by atoms with E-state index in [4.69, 9.17) is 0 Å². The van der Waals surface area contributed by atoms with Gasteiger partial charge in [0.1, 0.15) is 0 Å². The van der Waals surface area contributed by atoms with Crippen LogP contribution in [0.25, 0.3) is 0 Å². The molecule has 0 aliphatic carbocycles. The predicted octanol–water partition coefficient (Wildman–Crippen LogP) is 5.46. The topological polar surface area (TPSA) is 66.5 Å². The Kier molecular flexibility index (Phi) is 7.48. The summed E-state index contributed by atoms with van der Waals surface area (Å²) in [5.41, 5.74) is 1.14. The van der Waals surface area contributed by atoms with Crippen molar-refractivity contribution in [2.24, 2.45) is 0 Å². The summed E-state index contributed by atoms with van der Waals surface area (Å²) in [4.78, 5) is 12.9. The number of alkyl halides is 3. The summed E-state index contributed by atoms with van der Waals surface area (Å²) in [5, 5.41) is 2.23. The van der Waals surface area contributed by atoms with Crippen molar-refractivity contribution in [3.05, 3.63) is 94.5 Å². The van der Waals surface area contributed by atoms with E-state index in [1.54, 1.807) is 56.3 Å². The van der Waals surface area contributed by atoms with Crippen LogP contribution < -0.4 is 5.32 Å². The molecule has 3 rings (SSSR count). The molecule has 34 heavy (non-hydrogen) atoms. The van der Waals surface area contributed by atoms with Gasteiger partial charge < -0.3 is 5.32 Å². The standard InChI is InChI=1S/C25H25F3N2O3S/c1-17-13-18(2)24(19(3)14-17)34(32,33)30(15-20-9-5-4-6-10-20)16-23(31)29-22-12-8-7-11-21(22)25(26,27)28/h4-14H,15-16H2,1-3H3,(H,29,31). The van der Waals surface area contributed by atoms with E-state index < -0.39 is 39.9 Å². The van der Waals surface area contributed by atoms with Crippen LogP contribution in [0.3, 0.4) is 0 Å². The zero-order valence-corrected chi connectivity index (χ0v) is 19.8. The van der Waals surface area contributed by atoms with Gasteiger partial charge in [-0.3, -0.25) is 4.79 Å². The van der Waals surface area contributed by atoms with Crippen molar-refractivity contribution in [1.29, 1.82) is 0 Å². The first-order valence-electron chi connectivity index (χ1n) is 10.5. The smallest absolute Gasteiger partial charge is 0.324 e. The van der Waals surface area contributed by atoms with Gasteiger partial charge in [-0.15, -0.1) is 0 Å². The van der Waals surface area contributed by atoms with Crippen LogP contribution in [-0.4, -0.2) is 25.2 Å². The van der Waals surface area contributed by atoms with Crippen LogP contribution in [-0.2, 0) is 27.5 Å². The molecule has 0 radical (unpaired) electrons. The molecule has 0 aliphatic heterocycles. The fourth-order valence-electron chi connectivity index (χ4n) is 3.90. The summed E-state index contributed by atoms with van der Waals surface area (Å²) in [7, 11) is -4.15. The lowest BCUT2D eigenvalue weighted by Gasteiger charge is -2.24. The minimum absolute atomic E-state index is 0.0810. The number of carbonyl (C=O) groups excluding carboxylic acids is 1. The van der Waals surface area contributed by atoms with Crippen LogP contribution in [0.15, 0.2) is 71.6 Å². The van der Waals surface area contributed by atoms with Gasteiger partial charge in [0.2, 0.25) is 15.9 Å². The molecule has 0 saturated carbocycles. The maximum absolute atomic E-state index is 13.7. The molecule has 1 amide bonds. The number of aryl methyl sites for hydroxylation is 3. The second-order valence-corrected chi connectivity index (χ2v) is 9.95. The molecule has 0 spiro atoms. The van der Waals surface area contributed by atoms with Gasteiger partial charge in [-0.25, -0.2) is 8.42 Å².